The van der Waals surface area contributed by atoms with Gasteiger partial charge in [-0.1, -0.05) is 41.7 Å². The Labute approximate surface area is 179 Å². The first-order chi connectivity index (χ1) is 14.6. The highest BCUT2D eigenvalue weighted by Crippen LogP contribution is 2.25. The molecule has 30 heavy (non-hydrogen) atoms. The maximum atomic E-state index is 13.2. The number of rotatable bonds is 7. The van der Waals surface area contributed by atoms with Crippen LogP contribution in [0.15, 0.2) is 36.4 Å². The molecule has 1 unspecified atom stereocenters. The molecule has 3 aromatic rings. The lowest BCUT2D eigenvalue weighted by Gasteiger charge is -2.33. The molecule has 1 amide bonds. The Hall–Kier alpha value is -2.62. The minimum atomic E-state index is -0.378. The quantitative estimate of drug-likeness (QED) is 0.625. The van der Waals surface area contributed by atoms with Gasteiger partial charge in [0.05, 0.1) is 18.9 Å². The summed E-state index contributed by atoms with van der Waals surface area (Å²) >= 11 is 1.41. The Kier molecular flexibility index (Phi) is 6.51. The SMILES string of the molecule is Cc1cc(C)n(CCc2nnc(NC(=O)C(c3ccccc3)N3CCOCC3)s2)n1. The van der Waals surface area contributed by atoms with Crippen molar-refractivity contribution in [2.75, 3.05) is 31.6 Å². The number of ether oxygens (including phenoxy) is 1. The molecule has 8 nitrogen and oxygen atoms in total. The number of amides is 1. The molecule has 3 heterocycles. The van der Waals surface area contributed by atoms with Gasteiger partial charge in [-0.05, 0) is 25.5 Å². The van der Waals surface area contributed by atoms with E-state index in [4.69, 9.17) is 4.74 Å². The lowest BCUT2D eigenvalue weighted by Crippen LogP contribution is -2.43. The second-order valence-corrected chi connectivity index (χ2v) is 8.41. The molecule has 0 saturated carbocycles. The summed E-state index contributed by atoms with van der Waals surface area (Å²) in [5.41, 5.74) is 3.10. The molecule has 1 aromatic carbocycles. The van der Waals surface area contributed by atoms with Gasteiger partial charge in [0.15, 0.2) is 0 Å². The third kappa shape index (κ3) is 4.92. The average Bonchev–Trinajstić information content (AvgIpc) is 3.33. The fourth-order valence-electron chi connectivity index (χ4n) is 3.68. The van der Waals surface area contributed by atoms with Crippen molar-refractivity contribution in [2.45, 2.75) is 32.9 Å². The predicted molar refractivity (Wildman–Crippen MR) is 116 cm³/mol. The number of hydrogen-bond donors (Lipinski definition) is 1. The van der Waals surface area contributed by atoms with Gasteiger partial charge in [0.2, 0.25) is 11.0 Å². The second-order valence-electron chi connectivity index (χ2n) is 7.35. The van der Waals surface area contributed by atoms with Gasteiger partial charge >= 0.3 is 0 Å². The van der Waals surface area contributed by atoms with Crippen molar-refractivity contribution in [3.8, 4) is 0 Å². The van der Waals surface area contributed by atoms with Gasteiger partial charge in [-0.2, -0.15) is 5.10 Å². The van der Waals surface area contributed by atoms with Crippen LogP contribution in [0.5, 0.6) is 0 Å². The highest BCUT2D eigenvalue weighted by molar-refractivity contribution is 7.15. The fraction of sp³-hybridized carbons (Fsp3) is 0.429. The van der Waals surface area contributed by atoms with E-state index in [-0.39, 0.29) is 11.9 Å². The molecule has 1 aliphatic heterocycles. The number of morpholine rings is 1. The monoisotopic (exact) mass is 426 g/mol. The molecule has 1 fully saturated rings. The summed E-state index contributed by atoms with van der Waals surface area (Å²) in [5, 5.41) is 17.3. The Balaban J connectivity index is 1.43. The Morgan fingerprint density at radius 1 is 1.20 bits per heavy atom. The number of aryl methyl sites for hydroxylation is 4. The van der Waals surface area contributed by atoms with Crippen molar-refractivity contribution in [2.24, 2.45) is 0 Å². The lowest BCUT2D eigenvalue weighted by atomic mass is 10.0. The summed E-state index contributed by atoms with van der Waals surface area (Å²) in [7, 11) is 0. The van der Waals surface area contributed by atoms with Crippen molar-refractivity contribution < 1.29 is 9.53 Å². The number of carbonyl (C=O) groups excluding carboxylic acids is 1. The number of anilines is 1. The summed E-state index contributed by atoms with van der Waals surface area (Å²) in [4.78, 5) is 15.3. The molecule has 1 saturated heterocycles. The molecule has 0 spiro atoms. The fourth-order valence-corrected chi connectivity index (χ4v) is 4.41. The lowest BCUT2D eigenvalue weighted by molar-refractivity contribution is -0.123. The molecule has 1 aliphatic rings. The van der Waals surface area contributed by atoms with Crippen molar-refractivity contribution in [1.82, 2.24) is 24.9 Å². The Morgan fingerprint density at radius 2 is 1.97 bits per heavy atom. The van der Waals surface area contributed by atoms with E-state index in [0.717, 1.165) is 48.0 Å². The van der Waals surface area contributed by atoms with Crippen molar-refractivity contribution in [3.05, 3.63) is 58.4 Å². The van der Waals surface area contributed by atoms with Crippen LogP contribution in [-0.2, 0) is 22.5 Å². The third-order valence-electron chi connectivity index (χ3n) is 5.11. The summed E-state index contributed by atoms with van der Waals surface area (Å²) in [6.07, 6.45) is 0.723. The molecule has 0 bridgehead atoms. The van der Waals surface area contributed by atoms with E-state index in [1.54, 1.807) is 0 Å². The predicted octanol–water partition coefficient (Wildman–Crippen LogP) is 2.61. The molecular weight excluding hydrogens is 400 g/mol. The number of hydrogen-bond acceptors (Lipinski definition) is 7. The molecule has 0 radical (unpaired) electrons. The molecule has 9 heteroatoms. The van der Waals surface area contributed by atoms with Crippen LogP contribution in [0.2, 0.25) is 0 Å². The minimum absolute atomic E-state index is 0.0932. The Bertz CT molecular complexity index is 981. The van der Waals surface area contributed by atoms with Crippen LogP contribution in [0.1, 0.15) is 28.0 Å². The first kappa shape index (κ1) is 20.6. The normalized spacial score (nSPS) is 15.8. The Morgan fingerprint density at radius 3 is 2.67 bits per heavy atom. The van der Waals surface area contributed by atoms with Crippen LogP contribution in [0.4, 0.5) is 5.13 Å². The zero-order chi connectivity index (χ0) is 20.9. The van der Waals surface area contributed by atoms with Crippen LogP contribution < -0.4 is 5.32 Å². The average molecular weight is 427 g/mol. The van der Waals surface area contributed by atoms with E-state index in [0.29, 0.717) is 18.3 Å². The largest absolute Gasteiger partial charge is 0.379 e. The maximum Gasteiger partial charge on any atom is 0.248 e. The first-order valence-electron chi connectivity index (χ1n) is 10.1. The summed E-state index contributed by atoms with van der Waals surface area (Å²) in [5.74, 6) is -0.0932. The minimum Gasteiger partial charge on any atom is -0.379 e. The van der Waals surface area contributed by atoms with Gasteiger partial charge in [-0.25, -0.2) is 0 Å². The van der Waals surface area contributed by atoms with Crippen LogP contribution in [0.25, 0.3) is 0 Å². The first-order valence-corrected chi connectivity index (χ1v) is 10.9. The number of nitrogens with zero attached hydrogens (tertiary/aromatic N) is 5. The van der Waals surface area contributed by atoms with Gasteiger partial charge in [-0.15, -0.1) is 10.2 Å². The molecule has 1 N–H and O–H groups in total. The number of benzene rings is 1. The van der Waals surface area contributed by atoms with Crippen LogP contribution >= 0.6 is 11.3 Å². The third-order valence-corrected chi connectivity index (χ3v) is 6.01. The van der Waals surface area contributed by atoms with Crippen LogP contribution in [0.3, 0.4) is 0 Å². The number of carbonyl (C=O) groups is 1. The van der Waals surface area contributed by atoms with E-state index in [2.05, 4.69) is 31.6 Å². The molecule has 2 aromatic heterocycles. The van der Waals surface area contributed by atoms with Gasteiger partial charge in [0.25, 0.3) is 0 Å². The summed E-state index contributed by atoms with van der Waals surface area (Å²) < 4.78 is 7.43. The van der Waals surface area contributed by atoms with Crippen molar-refractivity contribution in [1.29, 1.82) is 0 Å². The molecule has 1 atom stereocenters. The van der Waals surface area contributed by atoms with Crippen molar-refractivity contribution in [3.63, 3.8) is 0 Å². The zero-order valence-corrected chi connectivity index (χ0v) is 18.1. The number of nitrogens with one attached hydrogen (secondary N) is 1. The highest BCUT2D eigenvalue weighted by atomic mass is 32.1. The maximum absolute atomic E-state index is 13.2. The molecular formula is C21H26N6O2S. The molecule has 4 rings (SSSR count). The van der Waals surface area contributed by atoms with E-state index < -0.39 is 0 Å². The summed E-state index contributed by atoms with van der Waals surface area (Å²) in [6, 6.07) is 11.5. The van der Waals surface area contributed by atoms with E-state index >= 15 is 0 Å². The highest BCUT2D eigenvalue weighted by Gasteiger charge is 2.29. The van der Waals surface area contributed by atoms with E-state index in [1.807, 2.05) is 48.9 Å². The van der Waals surface area contributed by atoms with Crippen LogP contribution in [-0.4, -0.2) is 57.1 Å². The van der Waals surface area contributed by atoms with E-state index in [9.17, 15) is 4.79 Å². The van der Waals surface area contributed by atoms with Crippen molar-refractivity contribution >= 4 is 22.4 Å². The standard InChI is InChI=1S/C21H26N6O2S/c1-15-14-16(2)27(25-15)9-8-18-23-24-21(30-18)22-20(28)19(17-6-4-3-5-7-17)26-10-12-29-13-11-26/h3-7,14,19H,8-13H2,1-2H3,(H,22,24,28). The van der Waals surface area contributed by atoms with Gasteiger partial charge in [0, 0.05) is 31.7 Å². The van der Waals surface area contributed by atoms with Crippen LogP contribution in [0, 0.1) is 13.8 Å². The topological polar surface area (TPSA) is 85.2 Å². The van der Waals surface area contributed by atoms with Gasteiger partial charge in [-0.3, -0.25) is 19.7 Å². The van der Waals surface area contributed by atoms with E-state index in [1.165, 1.54) is 11.3 Å². The second kappa shape index (κ2) is 9.46. The smallest absolute Gasteiger partial charge is 0.248 e. The van der Waals surface area contributed by atoms with Gasteiger partial charge < -0.3 is 4.74 Å². The summed E-state index contributed by atoms with van der Waals surface area (Å²) in [6.45, 7) is 7.47. The molecule has 0 aliphatic carbocycles. The molecule has 158 valence electrons. The zero-order valence-electron chi connectivity index (χ0n) is 17.2. The number of aromatic nitrogens is 4. The van der Waals surface area contributed by atoms with Gasteiger partial charge in [0.1, 0.15) is 11.0 Å².